The molecule has 1 aromatic carbocycles. The van der Waals surface area contributed by atoms with Crippen LogP contribution in [0.15, 0.2) is 42.7 Å². The molecule has 0 aliphatic carbocycles. The molecule has 2 aromatic rings. The zero-order valence-corrected chi connectivity index (χ0v) is 15.7. The van der Waals surface area contributed by atoms with E-state index < -0.39 is 0 Å². The third-order valence-electron chi connectivity index (χ3n) is 5.32. The molecule has 1 N–H and O–H groups in total. The van der Waals surface area contributed by atoms with Gasteiger partial charge in [0.2, 0.25) is 0 Å². The topological polar surface area (TPSA) is 57.7 Å². The van der Waals surface area contributed by atoms with Crippen LogP contribution in [0.5, 0.6) is 5.75 Å². The van der Waals surface area contributed by atoms with Crippen molar-refractivity contribution in [2.24, 2.45) is 0 Å². The van der Waals surface area contributed by atoms with Gasteiger partial charge in [0.1, 0.15) is 12.4 Å². The van der Waals surface area contributed by atoms with Crippen molar-refractivity contribution in [1.82, 2.24) is 15.2 Å². The number of aryl methyl sites for hydroxylation is 1. The Kier molecular flexibility index (Phi) is 5.14. The summed E-state index contributed by atoms with van der Waals surface area (Å²) in [7, 11) is 0. The monoisotopic (exact) mass is 366 g/mol. The van der Waals surface area contributed by atoms with Crippen molar-refractivity contribution >= 4 is 11.7 Å². The lowest BCUT2D eigenvalue weighted by Crippen LogP contribution is -2.49. The number of benzene rings is 1. The standard InChI is InChI=1S/C21H26N4O2/c1-16-14-22-8-7-19(16)24-9-4-10-25(12-11-24)21(26)23-18-13-17-5-2-3-6-20(17)27-15-18/h2-3,5-8,14,18H,4,9-13,15H2,1H3,(H,23,26)/t18-/m0/s1. The molecule has 0 radical (unpaired) electrons. The van der Waals surface area contributed by atoms with E-state index in [4.69, 9.17) is 4.74 Å². The third kappa shape index (κ3) is 3.99. The summed E-state index contributed by atoms with van der Waals surface area (Å²) in [6, 6.07) is 10.1. The number of nitrogens with one attached hydrogen (secondary N) is 1. The summed E-state index contributed by atoms with van der Waals surface area (Å²) in [5, 5.41) is 3.16. The van der Waals surface area contributed by atoms with Crippen molar-refractivity contribution in [1.29, 1.82) is 0 Å². The van der Waals surface area contributed by atoms with E-state index >= 15 is 0 Å². The molecule has 1 atom stereocenters. The minimum absolute atomic E-state index is 0.0104. The Hall–Kier alpha value is -2.76. The fraction of sp³-hybridized carbons (Fsp3) is 0.429. The number of amides is 2. The van der Waals surface area contributed by atoms with Crippen LogP contribution in [0.2, 0.25) is 0 Å². The molecule has 6 nitrogen and oxygen atoms in total. The zero-order valence-electron chi connectivity index (χ0n) is 15.7. The maximum Gasteiger partial charge on any atom is 0.317 e. The number of fused-ring (bicyclic) bond motifs is 1. The first-order valence-corrected chi connectivity index (χ1v) is 9.62. The van der Waals surface area contributed by atoms with E-state index in [2.05, 4.69) is 34.3 Å². The van der Waals surface area contributed by atoms with Crippen LogP contribution in [0.25, 0.3) is 0 Å². The number of nitrogens with zero attached hydrogens (tertiary/aromatic N) is 3. The summed E-state index contributed by atoms with van der Waals surface area (Å²) in [6.45, 7) is 5.89. The molecule has 6 heteroatoms. The number of carbonyl (C=O) groups is 1. The number of rotatable bonds is 2. The first-order valence-electron chi connectivity index (χ1n) is 9.62. The number of anilines is 1. The smallest absolute Gasteiger partial charge is 0.317 e. The summed E-state index contributed by atoms with van der Waals surface area (Å²) < 4.78 is 5.79. The van der Waals surface area contributed by atoms with E-state index in [0.29, 0.717) is 6.61 Å². The van der Waals surface area contributed by atoms with Crippen molar-refractivity contribution < 1.29 is 9.53 Å². The fourth-order valence-corrected chi connectivity index (χ4v) is 3.87. The highest BCUT2D eigenvalue weighted by Crippen LogP contribution is 2.24. The predicted octanol–water partition coefficient (Wildman–Crippen LogP) is 2.62. The Labute approximate surface area is 160 Å². The van der Waals surface area contributed by atoms with E-state index in [0.717, 1.165) is 50.3 Å². The summed E-state index contributed by atoms with van der Waals surface area (Å²) in [5.74, 6) is 0.932. The lowest BCUT2D eigenvalue weighted by molar-refractivity contribution is 0.183. The van der Waals surface area contributed by atoms with Crippen LogP contribution in [-0.2, 0) is 6.42 Å². The van der Waals surface area contributed by atoms with Gasteiger partial charge in [-0.05, 0) is 43.0 Å². The minimum atomic E-state index is 0.0104. The molecule has 1 fully saturated rings. The SMILES string of the molecule is Cc1cnccc1N1CCCN(C(=O)N[C@@H]2COc3ccccc3C2)CC1. The van der Waals surface area contributed by atoms with E-state index in [1.54, 1.807) is 0 Å². The minimum Gasteiger partial charge on any atom is -0.491 e. The van der Waals surface area contributed by atoms with E-state index in [1.165, 1.54) is 11.3 Å². The summed E-state index contributed by atoms with van der Waals surface area (Å²) in [4.78, 5) is 21.2. The van der Waals surface area contributed by atoms with Gasteiger partial charge in [0.25, 0.3) is 0 Å². The number of aromatic nitrogens is 1. The largest absolute Gasteiger partial charge is 0.491 e. The van der Waals surface area contributed by atoms with Gasteiger partial charge in [0, 0.05) is 44.3 Å². The highest BCUT2D eigenvalue weighted by molar-refractivity contribution is 5.75. The molecule has 0 spiro atoms. The molecule has 0 unspecified atom stereocenters. The first-order chi connectivity index (χ1) is 13.2. The van der Waals surface area contributed by atoms with Gasteiger partial charge in [0.05, 0.1) is 6.04 Å². The average Bonchev–Trinajstić information content (AvgIpc) is 2.94. The molecule has 0 saturated carbocycles. The number of para-hydroxylation sites is 1. The van der Waals surface area contributed by atoms with Crippen LogP contribution in [-0.4, -0.2) is 54.7 Å². The van der Waals surface area contributed by atoms with Crippen LogP contribution in [0.4, 0.5) is 10.5 Å². The Morgan fingerprint density at radius 2 is 2.07 bits per heavy atom. The molecule has 1 saturated heterocycles. The summed E-state index contributed by atoms with van der Waals surface area (Å²) >= 11 is 0. The lowest BCUT2D eigenvalue weighted by atomic mass is 10.0. The maximum absolute atomic E-state index is 12.8. The van der Waals surface area contributed by atoms with Crippen LogP contribution in [0, 0.1) is 6.92 Å². The second-order valence-electron chi connectivity index (χ2n) is 7.26. The van der Waals surface area contributed by atoms with E-state index in [1.807, 2.05) is 35.5 Å². The average molecular weight is 366 g/mol. The molecule has 2 aliphatic rings. The molecule has 4 rings (SSSR count). The number of urea groups is 1. The predicted molar refractivity (Wildman–Crippen MR) is 105 cm³/mol. The molecule has 2 amide bonds. The quantitative estimate of drug-likeness (QED) is 0.888. The van der Waals surface area contributed by atoms with Gasteiger partial charge in [-0.25, -0.2) is 4.79 Å². The van der Waals surface area contributed by atoms with Gasteiger partial charge < -0.3 is 19.9 Å². The molecular weight excluding hydrogens is 340 g/mol. The maximum atomic E-state index is 12.8. The number of hydrogen-bond donors (Lipinski definition) is 1. The van der Waals surface area contributed by atoms with Gasteiger partial charge in [-0.2, -0.15) is 0 Å². The molecule has 1 aromatic heterocycles. The Morgan fingerprint density at radius 1 is 1.19 bits per heavy atom. The van der Waals surface area contributed by atoms with E-state index in [-0.39, 0.29) is 12.1 Å². The van der Waals surface area contributed by atoms with Crippen LogP contribution in [0.1, 0.15) is 17.5 Å². The molecule has 2 aliphatic heterocycles. The van der Waals surface area contributed by atoms with Crippen LogP contribution >= 0.6 is 0 Å². The molecular formula is C21H26N4O2. The van der Waals surface area contributed by atoms with Crippen molar-refractivity contribution in [3.05, 3.63) is 53.9 Å². The van der Waals surface area contributed by atoms with Crippen molar-refractivity contribution in [2.75, 3.05) is 37.7 Å². The first kappa shape index (κ1) is 17.6. The van der Waals surface area contributed by atoms with Gasteiger partial charge in [-0.1, -0.05) is 18.2 Å². The van der Waals surface area contributed by atoms with Gasteiger partial charge >= 0.3 is 6.03 Å². The number of hydrogen-bond acceptors (Lipinski definition) is 4. The third-order valence-corrected chi connectivity index (χ3v) is 5.32. The van der Waals surface area contributed by atoms with Gasteiger partial charge in [-0.15, -0.1) is 0 Å². The van der Waals surface area contributed by atoms with Crippen LogP contribution in [0.3, 0.4) is 0 Å². The van der Waals surface area contributed by atoms with Crippen LogP contribution < -0.4 is 15.0 Å². The Bertz CT molecular complexity index is 810. The Balaban J connectivity index is 1.34. The van der Waals surface area contributed by atoms with Crippen molar-refractivity contribution in [2.45, 2.75) is 25.8 Å². The normalized spacial score (nSPS) is 19.7. The van der Waals surface area contributed by atoms with Crippen molar-refractivity contribution in [3.63, 3.8) is 0 Å². The molecule has 0 bridgehead atoms. The summed E-state index contributed by atoms with van der Waals surface area (Å²) in [5.41, 5.74) is 3.54. The fourth-order valence-electron chi connectivity index (χ4n) is 3.87. The number of ether oxygens (including phenoxy) is 1. The van der Waals surface area contributed by atoms with E-state index in [9.17, 15) is 4.79 Å². The molecule has 142 valence electrons. The van der Waals surface area contributed by atoms with Crippen molar-refractivity contribution in [3.8, 4) is 5.75 Å². The highest BCUT2D eigenvalue weighted by Gasteiger charge is 2.25. The summed E-state index contributed by atoms with van der Waals surface area (Å²) in [6.07, 6.45) is 5.50. The number of carbonyl (C=O) groups excluding carboxylic acids is 1. The van der Waals surface area contributed by atoms with Gasteiger partial charge in [0.15, 0.2) is 0 Å². The zero-order chi connectivity index (χ0) is 18.6. The second kappa shape index (κ2) is 7.86. The molecule has 27 heavy (non-hydrogen) atoms. The lowest BCUT2D eigenvalue weighted by Gasteiger charge is -2.29. The number of pyridine rings is 1. The molecule has 3 heterocycles. The Morgan fingerprint density at radius 3 is 2.96 bits per heavy atom. The second-order valence-corrected chi connectivity index (χ2v) is 7.26. The highest BCUT2D eigenvalue weighted by atomic mass is 16.5. The van der Waals surface area contributed by atoms with Gasteiger partial charge in [-0.3, -0.25) is 4.98 Å².